The second-order valence-corrected chi connectivity index (χ2v) is 9.35. The highest BCUT2D eigenvalue weighted by molar-refractivity contribution is 7.89. The van der Waals surface area contributed by atoms with Crippen molar-refractivity contribution in [2.24, 2.45) is 0 Å². The van der Waals surface area contributed by atoms with Crippen LogP contribution in [0.4, 0.5) is 10.2 Å². The van der Waals surface area contributed by atoms with Crippen molar-refractivity contribution >= 4 is 26.7 Å². The molecule has 2 aromatic carbocycles. The Morgan fingerprint density at radius 1 is 1.00 bits per heavy atom. The van der Waals surface area contributed by atoms with Crippen molar-refractivity contribution < 1.29 is 12.8 Å². The van der Waals surface area contributed by atoms with Crippen LogP contribution in [0.15, 0.2) is 53.4 Å². The summed E-state index contributed by atoms with van der Waals surface area (Å²) in [5.74, 6) is 0.582. The molecule has 0 saturated heterocycles. The Bertz CT molecular complexity index is 1100. The summed E-state index contributed by atoms with van der Waals surface area (Å²) >= 11 is 0. The maximum absolute atomic E-state index is 13.1. The minimum absolute atomic E-state index is 0.00305. The van der Waals surface area contributed by atoms with Crippen LogP contribution < -0.4 is 5.32 Å². The molecule has 1 heterocycles. The standard InChI is InChI=1S/C21H26FN5O2S/c1-26(2)14-6-13-23-21-18-7-4-5-8-19(18)24-20(25-21)15-27(3)30(28,29)17-11-9-16(22)10-12-17/h4-5,7-12H,6,13-15H2,1-3H3,(H,23,24,25). The van der Waals surface area contributed by atoms with Crippen molar-refractivity contribution in [2.45, 2.75) is 17.9 Å². The number of fused-ring (bicyclic) bond motifs is 1. The quantitative estimate of drug-likeness (QED) is 0.525. The molecule has 0 unspecified atom stereocenters. The van der Waals surface area contributed by atoms with Gasteiger partial charge >= 0.3 is 0 Å². The number of para-hydroxylation sites is 1. The number of nitrogens with zero attached hydrogens (tertiary/aromatic N) is 4. The smallest absolute Gasteiger partial charge is 0.243 e. The third-order valence-electron chi connectivity index (χ3n) is 4.61. The summed E-state index contributed by atoms with van der Waals surface area (Å²) in [6, 6.07) is 12.4. The van der Waals surface area contributed by atoms with E-state index < -0.39 is 15.8 Å². The van der Waals surface area contributed by atoms with E-state index in [1.807, 2.05) is 38.4 Å². The highest BCUT2D eigenvalue weighted by Gasteiger charge is 2.22. The van der Waals surface area contributed by atoms with Crippen molar-refractivity contribution in [3.63, 3.8) is 0 Å². The number of hydrogen-bond acceptors (Lipinski definition) is 6. The zero-order valence-electron chi connectivity index (χ0n) is 17.3. The lowest BCUT2D eigenvalue weighted by Gasteiger charge is -2.18. The molecule has 1 N–H and O–H groups in total. The van der Waals surface area contributed by atoms with Gasteiger partial charge in [0.15, 0.2) is 0 Å². The molecule has 0 radical (unpaired) electrons. The number of nitrogens with one attached hydrogen (secondary N) is 1. The first-order chi connectivity index (χ1) is 14.3. The maximum atomic E-state index is 13.1. The first kappa shape index (κ1) is 22.1. The fourth-order valence-electron chi connectivity index (χ4n) is 3.00. The zero-order chi connectivity index (χ0) is 21.7. The Morgan fingerprint density at radius 2 is 1.70 bits per heavy atom. The molecule has 3 rings (SSSR count). The second-order valence-electron chi connectivity index (χ2n) is 7.30. The fraction of sp³-hybridized carbons (Fsp3) is 0.333. The van der Waals surface area contributed by atoms with Gasteiger partial charge in [-0.3, -0.25) is 0 Å². The van der Waals surface area contributed by atoms with Gasteiger partial charge in [-0.1, -0.05) is 12.1 Å². The highest BCUT2D eigenvalue weighted by atomic mass is 32.2. The molecule has 30 heavy (non-hydrogen) atoms. The van der Waals surface area contributed by atoms with Crippen LogP contribution in [-0.4, -0.2) is 61.8 Å². The van der Waals surface area contributed by atoms with Crippen LogP contribution in [0.3, 0.4) is 0 Å². The van der Waals surface area contributed by atoms with E-state index in [2.05, 4.69) is 20.2 Å². The minimum Gasteiger partial charge on any atom is -0.369 e. The molecule has 0 aliphatic rings. The molecule has 160 valence electrons. The van der Waals surface area contributed by atoms with E-state index >= 15 is 0 Å². The third kappa shape index (κ3) is 5.29. The topological polar surface area (TPSA) is 78.4 Å². The van der Waals surface area contributed by atoms with Gasteiger partial charge in [-0.05, 0) is 63.5 Å². The fourth-order valence-corrected chi connectivity index (χ4v) is 4.13. The third-order valence-corrected chi connectivity index (χ3v) is 6.43. The molecular formula is C21H26FN5O2S. The SMILES string of the molecule is CN(C)CCCNc1nc(CN(C)S(=O)(=O)c2ccc(F)cc2)nc2ccccc12. The Kier molecular flexibility index (Phi) is 6.96. The number of aromatic nitrogens is 2. The lowest BCUT2D eigenvalue weighted by atomic mass is 10.2. The number of rotatable bonds is 9. The van der Waals surface area contributed by atoms with E-state index in [-0.39, 0.29) is 11.4 Å². The van der Waals surface area contributed by atoms with E-state index in [1.165, 1.54) is 23.5 Å². The van der Waals surface area contributed by atoms with Gasteiger partial charge in [0.1, 0.15) is 17.5 Å². The molecule has 0 aliphatic heterocycles. The average Bonchev–Trinajstić information content (AvgIpc) is 2.71. The van der Waals surface area contributed by atoms with Gasteiger partial charge in [0, 0.05) is 19.0 Å². The van der Waals surface area contributed by atoms with Crippen LogP contribution >= 0.6 is 0 Å². The molecule has 1 aromatic heterocycles. The molecule has 0 bridgehead atoms. The van der Waals surface area contributed by atoms with Crippen molar-refractivity contribution in [3.8, 4) is 0 Å². The van der Waals surface area contributed by atoms with Crippen LogP contribution in [0.1, 0.15) is 12.2 Å². The summed E-state index contributed by atoms with van der Waals surface area (Å²) in [6.07, 6.45) is 0.944. The minimum atomic E-state index is -3.79. The second kappa shape index (κ2) is 9.46. The van der Waals surface area contributed by atoms with Crippen molar-refractivity contribution in [2.75, 3.05) is 39.5 Å². The Balaban J connectivity index is 1.83. The van der Waals surface area contributed by atoms with E-state index in [1.54, 1.807) is 0 Å². The van der Waals surface area contributed by atoms with Crippen molar-refractivity contribution in [3.05, 3.63) is 60.2 Å². The summed E-state index contributed by atoms with van der Waals surface area (Å²) in [5, 5.41) is 4.23. The predicted octanol–water partition coefficient (Wildman–Crippen LogP) is 2.95. The van der Waals surface area contributed by atoms with Crippen LogP contribution in [-0.2, 0) is 16.6 Å². The lowest BCUT2D eigenvalue weighted by molar-refractivity contribution is 0.405. The normalized spacial score (nSPS) is 12.1. The van der Waals surface area contributed by atoms with Crippen molar-refractivity contribution in [1.82, 2.24) is 19.2 Å². The molecule has 0 fully saturated rings. The summed E-state index contributed by atoms with van der Waals surface area (Å²) in [5.41, 5.74) is 0.741. The summed E-state index contributed by atoms with van der Waals surface area (Å²) in [6.45, 7) is 1.68. The van der Waals surface area contributed by atoms with Gasteiger partial charge in [-0.25, -0.2) is 22.8 Å². The van der Waals surface area contributed by atoms with Gasteiger partial charge < -0.3 is 10.2 Å². The molecular weight excluding hydrogens is 405 g/mol. The lowest BCUT2D eigenvalue weighted by Crippen LogP contribution is -2.27. The van der Waals surface area contributed by atoms with Gasteiger partial charge in [0.2, 0.25) is 10.0 Å². The van der Waals surface area contributed by atoms with E-state index in [0.29, 0.717) is 11.6 Å². The van der Waals surface area contributed by atoms with Gasteiger partial charge in [-0.15, -0.1) is 0 Å². The molecule has 0 aliphatic carbocycles. The molecule has 0 amide bonds. The van der Waals surface area contributed by atoms with Crippen LogP contribution in [0.5, 0.6) is 0 Å². The largest absolute Gasteiger partial charge is 0.369 e. The number of anilines is 1. The Morgan fingerprint density at radius 3 is 2.40 bits per heavy atom. The zero-order valence-corrected chi connectivity index (χ0v) is 18.2. The number of sulfonamides is 1. The van der Waals surface area contributed by atoms with Gasteiger partial charge in [-0.2, -0.15) is 4.31 Å². The monoisotopic (exact) mass is 431 g/mol. The highest BCUT2D eigenvalue weighted by Crippen LogP contribution is 2.22. The summed E-state index contributed by atoms with van der Waals surface area (Å²) < 4.78 is 39.9. The molecule has 0 saturated carbocycles. The number of halogens is 1. The van der Waals surface area contributed by atoms with Crippen LogP contribution in [0.2, 0.25) is 0 Å². The maximum Gasteiger partial charge on any atom is 0.243 e. The molecule has 0 spiro atoms. The van der Waals surface area contributed by atoms with E-state index in [9.17, 15) is 12.8 Å². The molecule has 0 atom stereocenters. The molecule has 7 nitrogen and oxygen atoms in total. The van der Waals surface area contributed by atoms with Gasteiger partial charge in [0.25, 0.3) is 0 Å². The molecule has 3 aromatic rings. The number of benzene rings is 2. The summed E-state index contributed by atoms with van der Waals surface area (Å²) in [4.78, 5) is 11.2. The first-order valence-electron chi connectivity index (χ1n) is 9.63. The van der Waals surface area contributed by atoms with E-state index in [4.69, 9.17) is 0 Å². The van der Waals surface area contributed by atoms with Crippen LogP contribution in [0, 0.1) is 5.82 Å². The Labute approximate surface area is 176 Å². The summed E-state index contributed by atoms with van der Waals surface area (Å²) in [7, 11) is 1.72. The predicted molar refractivity (Wildman–Crippen MR) is 116 cm³/mol. The van der Waals surface area contributed by atoms with Gasteiger partial charge in [0.05, 0.1) is 17.0 Å². The first-order valence-corrected chi connectivity index (χ1v) is 11.1. The molecule has 9 heteroatoms. The average molecular weight is 432 g/mol. The van der Waals surface area contributed by atoms with Crippen LogP contribution in [0.25, 0.3) is 10.9 Å². The van der Waals surface area contributed by atoms with E-state index in [0.717, 1.165) is 42.5 Å². The van der Waals surface area contributed by atoms with Crippen molar-refractivity contribution in [1.29, 1.82) is 0 Å². The number of hydrogen-bond donors (Lipinski definition) is 1. The Hall–Kier alpha value is -2.62.